The van der Waals surface area contributed by atoms with Crippen molar-refractivity contribution in [1.29, 1.82) is 0 Å². The molecule has 0 aromatic rings. The molecule has 0 bridgehead atoms. The summed E-state index contributed by atoms with van der Waals surface area (Å²) in [6.45, 7) is 27.0. The highest BCUT2D eigenvalue weighted by atomic mass is 28.4. The van der Waals surface area contributed by atoms with Gasteiger partial charge < -0.3 is 13.6 Å². The highest BCUT2D eigenvalue weighted by Crippen LogP contribution is 2.41. The van der Waals surface area contributed by atoms with Crippen LogP contribution >= 0.6 is 0 Å². The molecule has 32 heavy (non-hydrogen) atoms. The third kappa shape index (κ3) is 8.97. The highest BCUT2D eigenvalue weighted by Gasteiger charge is 2.44. The standard InChI is InChI=1S/C26H56O4Si2/c1-14-23(29-32(15-2,16-3)17-4)21(6)25(30-31(12,13)26(8,9)10)20(5)18-19-24(28-11)22(7)27/h20-21,23-25H,14-19H2,1-13H3. The summed E-state index contributed by atoms with van der Waals surface area (Å²) in [5.41, 5.74) is 0. The third-order valence-corrected chi connectivity index (χ3v) is 17.4. The van der Waals surface area contributed by atoms with Crippen molar-refractivity contribution in [3.63, 3.8) is 0 Å². The van der Waals surface area contributed by atoms with E-state index in [9.17, 15) is 4.79 Å². The summed E-state index contributed by atoms with van der Waals surface area (Å²) >= 11 is 0. The Morgan fingerprint density at radius 3 is 1.75 bits per heavy atom. The van der Waals surface area contributed by atoms with E-state index in [-0.39, 0.29) is 29.1 Å². The molecule has 4 nitrogen and oxygen atoms in total. The van der Waals surface area contributed by atoms with Crippen LogP contribution in [-0.4, -0.2) is 47.8 Å². The average molecular weight is 489 g/mol. The summed E-state index contributed by atoms with van der Waals surface area (Å²) in [6, 6.07) is 3.50. The van der Waals surface area contributed by atoms with Crippen LogP contribution in [0.15, 0.2) is 0 Å². The lowest BCUT2D eigenvalue weighted by atomic mass is 9.85. The molecule has 0 heterocycles. The molecule has 6 heteroatoms. The van der Waals surface area contributed by atoms with E-state index in [0.29, 0.717) is 11.8 Å². The fourth-order valence-electron chi connectivity index (χ4n) is 4.42. The average Bonchev–Trinajstić information content (AvgIpc) is 2.72. The minimum atomic E-state index is -1.96. The Kier molecular flexibility index (Phi) is 13.8. The van der Waals surface area contributed by atoms with Crippen LogP contribution in [0.5, 0.6) is 0 Å². The molecule has 0 spiro atoms. The van der Waals surface area contributed by atoms with Crippen LogP contribution < -0.4 is 0 Å². The molecular formula is C26H56O4Si2. The van der Waals surface area contributed by atoms with Gasteiger partial charge in [0.1, 0.15) is 6.10 Å². The van der Waals surface area contributed by atoms with Crippen molar-refractivity contribution in [3.8, 4) is 0 Å². The van der Waals surface area contributed by atoms with Crippen LogP contribution in [0, 0.1) is 11.8 Å². The topological polar surface area (TPSA) is 44.8 Å². The zero-order valence-electron chi connectivity index (χ0n) is 23.8. The van der Waals surface area contributed by atoms with Crippen molar-refractivity contribution in [2.45, 2.75) is 143 Å². The monoisotopic (exact) mass is 488 g/mol. The Hall–Kier alpha value is -0.0162. The number of hydrogen-bond donors (Lipinski definition) is 0. The summed E-state index contributed by atoms with van der Waals surface area (Å²) in [5, 5.41) is 0.149. The largest absolute Gasteiger partial charge is 0.414 e. The van der Waals surface area contributed by atoms with Gasteiger partial charge in [-0.1, -0.05) is 62.3 Å². The lowest BCUT2D eigenvalue weighted by Crippen LogP contribution is -2.51. The molecule has 0 aliphatic heterocycles. The Morgan fingerprint density at radius 2 is 1.41 bits per heavy atom. The van der Waals surface area contributed by atoms with E-state index in [1.807, 2.05) is 0 Å². The van der Waals surface area contributed by atoms with E-state index in [1.54, 1.807) is 14.0 Å². The Labute approximate surface area is 202 Å². The second kappa shape index (κ2) is 13.8. The molecule has 0 fully saturated rings. The van der Waals surface area contributed by atoms with E-state index in [0.717, 1.165) is 19.3 Å². The van der Waals surface area contributed by atoms with E-state index >= 15 is 0 Å². The second-order valence-corrected chi connectivity index (χ2v) is 20.9. The highest BCUT2D eigenvalue weighted by molar-refractivity contribution is 6.74. The van der Waals surface area contributed by atoms with Crippen molar-refractivity contribution >= 4 is 22.4 Å². The first-order valence-electron chi connectivity index (χ1n) is 13.0. The minimum absolute atomic E-state index is 0.106. The number of methoxy groups -OCH3 is 1. The molecule has 0 rings (SSSR count). The summed E-state index contributed by atoms with van der Waals surface area (Å²) in [5.74, 6) is 0.739. The Bertz CT molecular complexity index is 532. The second-order valence-electron chi connectivity index (χ2n) is 11.4. The lowest BCUT2D eigenvalue weighted by molar-refractivity contribution is -0.127. The van der Waals surface area contributed by atoms with Crippen LogP contribution in [0.2, 0.25) is 36.3 Å². The molecule has 0 aromatic heterocycles. The SMILES string of the molecule is CCC(O[Si](CC)(CC)CC)C(C)C(O[Si](C)(C)C(C)(C)C)C(C)CCC(OC)C(C)=O. The molecule has 0 amide bonds. The predicted molar refractivity (Wildman–Crippen MR) is 143 cm³/mol. The van der Waals surface area contributed by atoms with Gasteiger partial charge in [0.15, 0.2) is 22.4 Å². The van der Waals surface area contributed by atoms with Gasteiger partial charge in [-0.25, -0.2) is 0 Å². The Balaban J connectivity index is 5.88. The quantitative estimate of drug-likeness (QED) is 0.208. The van der Waals surface area contributed by atoms with Gasteiger partial charge in [-0.05, 0) is 68.4 Å². The normalized spacial score (nSPS) is 18.2. The first-order valence-corrected chi connectivity index (χ1v) is 18.5. The number of ketones is 1. The van der Waals surface area contributed by atoms with Gasteiger partial charge in [-0.2, -0.15) is 0 Å². The number of carbonyl (C=O) groups is 1. The van der Waals surface area contributed by atoms with Crippen LogP contribution in [0.25, 0.3) is 0 Å². The molecule has 5 atom stereocenters. The molecule has 0 aliphatic carbocycles. The number of ether oxygens (including phenoxy) is 1. The van der Waals surface area contributed by atoms with Gasteiger partial charge >= 0.3 is 0 Å². The van der Waals surface area contributed by atoms with Crippen molar-refractivity contribution in [2.24, 2.45) is 11.8 Å². The predicted octanol–water partition coefficient (Wildman–Crippen LogP) is 7.83. The van der Waals surface area contributed by atoms with Crippen molar-refractivity contribution in [3.05, 3.63) is 0 Å². The molecule has 0 aromatic carbocycles. The van der Waals surface area contributed by atoms with Crippen LogP contribution in [-0.2, 0) is 18.4 Å². The van der Waals surface area contributed by atoms with Crippen LogP contribution in [0.1, 0.15) is 88.5 Å². The smallest absolute Gasteiger partial charge is 0.192 e. The van der Waals surface area contributed by atoms with E-state index in [1.165, 1.54) is 18.1 Å². The van der Waals surface area contributed by atoms with E-state index in [2.05, 4.69) is 75.4 Å². The summed E-state index contributed by atoms with van der Waals surface area (Å²) in [4.78, 5) is 11.9. The first kappa shape index (κ1) is 32.0. The zero-order valence-corrected chi connectivity index (χ0v) is 25.8. The Morgan fingerprint density at radius 1 is 0.906 bits per heavy atom. The van der Waals surface area contributed by atoms with Crippen LogP contribution in [0.4, 0.5) is 0 Å². The van der Waals surface area contributed by atoms with Gasteiger partial charge in [-0.3, -0.25) is 4.79 Å². The maximum atomic E-state index is 11.9. The van der Waals surface area contributed by atoms with E-state index < -0.39 is 16.6 Å². The van der Waals surface area contributed by atoms with Crippen molar-refractivity contribution in [1.82, 2.24) is 0 Å². The maximum Gasteiger partial charge on any atom is 0.192 e. The molecule has 192 valence electrons. The fraction of sp³-hybridized carbons (Fsp3) is 0.962. The number of rotatable bonds is 16. The summed E-state index contributed by atoms with van der Waals surface area (Å²) in [7, 11) is -2.04. The van der Waals surface area contributed by atoms with Gasteiger partial charge in [0.2, 0.25) is 0 Å². The molecule has 0 radical (unpaired) electrons. The third-order valence-electron chi connectivity index (χ3n) is 8.26. The maximum absolute atomic E-state index is 11.9. The summed E-state index contributed by atoms with van der Waals surface area (Å²) in [6.07, 6.45) is 2.67. The molecule has 0 saturated carbocycles. The van der Waals surface area contributed by atoms with Crippen molar-refractivity contribution < 1.29 is 18.4 Å². The zero-order chi connectivity index (χ0) is 25.3. The van der Waals surface area contributed by atoms with Crippen LogP contribution in [0.3, 0.4) is 0 Å². The van der Waals surface area contributed by atoms with Crippen molar-refractivity contribution in [2.75, 3.05) is 7.11 Å². The van der Waals surface area contributed by atoms with Gasteiger partial charge in [0.25, 0.3) is 0 Å². The van der Waals surface area contributed by atoms with Gasteiger partial charge in [0.05, 0.1) is 6.10 Å². The molecule has 5 unspecified atom stereocenters. The molecule has 0 N–H and O–H groups in total. The number of Topliss-reactive ketones (excluding diaryl/α,β-unsaturated/α-hetero) is 1. The molecule has 0 aliphatic rings. The number of carbonyl (C=O) groups excluding carboxylic acids is 1. The minimum Gasteiger partial charge on any atom is -0.414 e. The molecular weight excluding hydrogens is 432 g/mol. The van der Waals surface area contributed by atoms with Gasteiger partial charge in [-0.15, -0.1) is 0 Å². The fourth-order valence-corrected chi connectivity index (χ4v) is 8.92. The lowest BCUT2D eigenvalue weighted by Gasteiger charge is -2.45. The number of hydrogen-bond acceptors (Lipinski definition) is 4. The van der Waals surface area contributed by atoms with Gasteiger partial charge in [0, 0.05) is 19.1 Å². The molecule has 0 saturated heterocycles. The first-order chi connectivity index (χ1) is 14.6. The summed E-state index contributed by atoms with van der Waals surface area (Å²) < 4.78 is 19.5. The van der Waals surface area contributed by atoms with E-state index in [4.69, 9.17) is 13.6 Å².